The summed E-state index contributed by atoms with van der Waals surface area (Å²) >= 11 is 13.6. The number of nitrogens with one attached hydrogen (secondary N) is 1. The van der Waals surface area contributed by atoms with Gasteiger partial charge in [-0.2, -0.15) is 0 Å². The van der Waals surface area contributed by atoms with Crippen molar-refractivity contribution in [3.8, 4) is 11.3 Å². The van der Waals surface area contributed by atoms with Crippen LogP contribution >= 0.6 is 34.5 Å². The molecule has 0 radical (unpaired) electrons. The zero-order valence-electron chi connectivity index (χ0n) is 10.8. The van der Waals surface area contributed by atoms with Crippen LogP contribution in [0.5, 0.6) is 0 Å². The van der Waals surface area contributed by atoms with Crippen molar-refractivity contribution < 1.29 is 0 Å². The standard InChI is InChI=1S/C15H11Cl2N3S/c16-10-3-6-12(17)13(7-10)19-15-20-14(8-21-15)9-1-4-11(18)5-2-9/h1-8H,18H2,(H,19,20). The molecule has 0 atom stereocenters. The first-order chi connectivity index (χ1) is 10.1. The lowest BCUT2D eigenvalue weighted by atomic mass is 10.1. The van der Waals surface area contributed by atoms with Gasteiger partial charge in [0.15, 0.2) is 5.13 Å². The summed E-state index contributed by atoms with van der Waals surface area (Å²) in [5.74, 6) is 0. The van der Waals surface area contributed by atoms with Gasteiger partial charge in [-0.1, -0.05) is 35.3 Å². The molecule has 21 heavy (non-hydrogen) atoms. The Bertz CT molecular complexity index is 769. The lowest BCUT2D eigenvalue weighted by Gasteiger charge is -2.05. The largest absolute Gasteiger partial charge is 0.399 e. The van der Waals surface area contributed by atoms with Crippen molar-refractivity contribution in [2.24, 2.45) is 0 Å². The van der Waals surface area contributed by atoms with Crippen LogP contribution in [0.1, 0.15) is 0 Å². The minimum atomic E-state index is 0.601. The molecule has 0 aliphatic rings. The van der Waals surface area contributed by atoms with E-state index in [0.717, 1.165) is 27.8 Å². The van der Waals surface area contributed by atoms with E-state index in [-0.39, 0.29) is 0 Å². The molecule has 3 N–H and O–H groups in total. The van der Waals surface area contributed by atoms with Gasteiger partial charge in [0, 0.05) is 21.7 Å². The number of nitrogens with zero attached hydrogens (tertiary/aromatic N) is 1. The van der Waals surface area contributed by atoms with Crippen molar-refractivity contribution in [3.05, 3.63) is 57.9 Å². The number of nitrogens with two attached hydrogens (primary N) is 1. The molecule has 0 amide bonds. The molecule has 2 aromatic carbocycles. The van der Waals surface area contributed by atoms with Crippen molar-refractivity contribution in [2.45, 2.75) is 0 Å². The monoisotopic (exact) mass is 335 g/mol. The number of thiazole rings is 1. The van der Waals surface area contributed by atoms with Crippen LogP contribution in [0.4, 0.5) is 16.5 Å². The molecule has 0 saturated heterocycles. The highest BCUT2D eigenvalue weighted by Gasteiger charge is 2.07. The Balaban J connectivity index is 1.85. The van der Waals surface area contributed by atoms with Crippen molar-refractivity contribution in [1.29, 1.82) is 0 Å². The molecule has 0 unspecified atom stereocenters. The van der Waals surface area contributed by atoms with E-state index in [1.807, 2.05) is 29.6 Å². The Hall–Kier alpha value is -1.75. The number of anilines is 3. The second kappa shape index (κ2) is 5.93. The Kier molecular flexibility index (Phi) is 4.01. The Labute approximate surface area is 136 Å². The SMILES string of the molecule is Nc1ccc(-c2csc(Nc3cc(Cl)ccc3Cl)n2)cc1. The lowest BCUT2D eigenvalue weighted by molar-refractivity contribution is 1.38. The van der Waals surface area contributed by atoms with Crippen LogP contribution in [0.3, 0.4) is 0 Å². The molecule has 106 valence electrons. The molecule has 3 nitrogen and oxygen atoms in total. The van der Waals surface area contributed by atoms with Gasteiger partial charge in [0.25, 0.3) is 0 Å². The molecule has 0 saturated carbocycles. The quantitative estimate of drug-likeness (QED) is 0.626. The first-order valence-corrected chi connectivity index (χ1v) is 7.79. The Morgan fingerprint density at radius 1 is 1.05 bits per heavy atom. The number of halogens is 2. The topological polar surface area (TPSA) is 50.9 Å². The van der Waals surface area contributed by atoms with Crippen molar-refractivity contribution in [1.82, 2.24) is 4.98 Å². The maximum Gasteiger partial charge on any atom is 0.187 e. The summed E-state index contributed by atoms with van der Waals surface area (Å²) in [5, 5.41) is 7.14. The molecule has 0 bridgehead atoms. The predicted octanol–water partition coefficient (Wildman–Crippen LogP) is 5.44. The van der Waals surface area contributed by atoms with E-state index >= 15 is 0 Å². The zero-order chi connectivity index (χ0) is 14.8. The van der Waals surface area contributed by atoms with Crippen LogP contribution in [0, 0.1) is 0 Å². The van der Waals surface area contributed by atoms with E-state index in [1.54, 1.807) is 18.2 Å². The van der Waals surface area contributed by atoms with Gasteiger partial charge >= 0.3 is 0 Å². The van der Waals surface area contributed by atoms with E-state index < -0.39 is 0 Å². The fourth-order valence-corrected chi connectivity index (χ4v) is 2.89. The number of rotatable bonds is 3. The zero-order valence-corrected chi connectivity index (χ0v) is 13.1. The van der Waals surface area contributed by atoms with Crippen LogP contribution in [-0.4, -0.2) is 4.98 Å². The van der Waals surface area contributed by atoms with E-state index in [4.69, 9.17) is 28.9 Å². The van der Waals surface area contributed by atoms with E-state index in [1.165, 1.54) is 11.3 Å². The Morgan fingerprint density at radius 2 is 1.81 bits per heavy atom. The van der Waals surface area contributed by atoms with Crippen molar-refractivity contribution in [3.63, 3.8) is 0 Å². The molecule has 1 aromatic heterocycles. The molecule has 0 aliphatic carbocycles. The highest BCUT2D eigenvalue weighted by molar-refractivity contribution is 7.14. The van der Waals surface area contributed by atoms with Gasteiger partial charge in [-0.25, -0.2) is 4.98 Å². The van der Waals surface area contributed by atoms with Gasteiger partial charge in [0.05, 0.1) is 16.4 Å². The fraction of sp³-hybridized carbons (Fsp3) is 0. The molecule has 3 rings (SSSR count). The number of benzene rings is 2. The maximum absolute atomic E-state index is 6.13. The second-order valence-corrected chi connectivity index (χ2v) is 6.11. The van der Waals surface area contributed by atoms with Gasteiger partial charge in [-0.3, -0.25) is 0 Å². The van der Waals surface area contributed by atoms with Crippen LogP contribution in [0.2, 0.25) is 10.0 Å². The lowest BCUT2D eigenvalue weighted by Crippen LogP contribution is -1.91. The maximum atomic E-state index is 6.13. The summed E-state index contributed by atoms with van der Waals surface area (Å²) in [5.41, 5.74) is 9.07. The molecule has 0 spiro atoms. The minimum absolute atomic E-state index is 0.601. The summed E-state index contributed by atoms with van der Waals surface area (Å²) in [4.78, 5) is 4.54. The summed E-state index contributed by atoms with van der Waals surface area (Å²) in [6.45, 7) is 0. The molecule has 0 aliphatic heterocycles. The van der Waals surface area contributed by atoms with Crippen molar-refractivity contribution in [2.75, 3.05) is 11.1 Å². The van der Waals surface area contributed by atoms with Crippen LogP contribution < -0.4 is 11.1 Å². The highest BCUT2D eigenvalue weighted by atomic mass is 35.5. The van der Waals surface area contributed by atoms with Crippen LogP contribution in [0.25, 0.3) is 11.3 Å². The molecular formula is C15H11Cl2N3S. The van der Waals surface area contributed by atoms with E-state index in [2.05, 4.69) is 10.3 Å². The summed E-state index contributed by atoms with van der Waals surface area (Å²) < 4.78 is 0. The normalized spacial score (nSPS) is 10.6. The molecular weight excluding hydrogens is 325 g/mol. The molecule has 1 heterocycles. The van der Waals surface area contributed by atoms with Gasteiger partial charge in [-0.15, -0.1) is 11.3 Å². The summed E-state index contributed by atoms with van der Waals surface area (Å²) in [7, 11) is 0. The average molecular weight is 336 g/mol. The highest BCUT2D eigenvalue weighted by Crippen LogP contribution is 2.31. The van der Waals surface area contributed by atoms with Gasteiger partial charge in [0.1, 0.15) is 0 Å². The van der Waals surface area contributed by atoms with Gasteiger partial charge in [-0.05, 0) is 30.3 Å². The number of hydrogen-bond acceptors (Lipinski definition) is 4. The van der Waals surface area contributed by atoms with E-state index in [9.17, 15) is 0 Å². The molecule has 3 aromatic rings. The third-order valence-corrected chi connectivity index (χ3v) is 4.20. The first kappa shape index (κ1) is 14.2. The molecule has 0 fully saturated rings. The summed E-state index contributed by atoms with van der Waals surface area (Å²) in [6.07, 6.45) is 0. The second-order valence-electron chi connectivity index (χ2n) is 4.41. The van der Waals surface area contributed by atoms with Gasteiger partial charge < -0.3 is 11.1 Å². The third kappa shape index (κ3) is 3.29. The molecule has 6 heteroatoms. The summed E-state index contributed by atoms with van der Waals surface area (Å²) in [6, 6.07) is 12.9. The van der Waals surface area contributed by atoms with Crippen LogP contribution in [-0.2, 0) is 0 Å². The number of hydrogen-bond donors (Lipinski definition) is 2. The van der Waals surface area contributed by atoms with Crippen LogP contribution in [0.15, 0.2) is 47.8 Å². The predicted molar refractivity (Wildman–Crippen MR) is 91.7 cm³/mol. The number of aromatic nitrogens is 1. The first-order valence-electron chi connectivity index (χ1n) is 6.15. The number of nitrogen functional groups attached to an aromatic ring is 1. The minimum Gasteiger partial charge on any atom is -0.399 e. The Morgan fingerprint density at radius 3 is 2.57 bits per heavy atom. The third-order valence-electron chi connectivity index (χ3n) is 2.88. The van der Waals surface area contributed by atoms with E-state index in [0.29, 0.717) is 10.0 Å². The van der Waals surface area contributed by atoms with Crippen molar-refractivity contribution >= 4 is 51.0 Å². The fourth-order valence-electron chi connectivity index (χ4n) is 1.83. The smallest absolute Gasteiger partial charge is 0.187 e. The van der Waals surface area contributed by atoms with Gasteiger partial charge in [0.2, 0.25) is 0 Å². The average Bonchev–Trinajstić information content (AvgIpc) is 2.92.